The summed E-state index contributed by atoms with van der Waals surface area (Å²) >= 11 is 0. The van der Waals surface area contributed by atoms with E-state index in [1.807, 2.05) is 37.3 Å². The molecule has 1 saturated carbocycles. The molecule has 0 saturated heterocycles. The van der Waals surface area contributed by atoms with E-state index in [1.165, 1.54) is 0 Å². The van der Waals surface area contributed by atoms with Gasteiger partial charge in [0.1, 0.15) is 5.82 Å². The molecule has 0 radical (unpaired) electrons. The fourth-order valence-corrected chi connectivity index (χ4v) is 3.34. The molecule has 20 heavy (non-hydrogen) atoms. The third-order valence-electron chi connectivity index (χ3n) is 3.79. The summed E-state index contributed by atoms with van der Waals surface area (Å²) in [6.07, 6.45) is 1.89. The highest BCUT2D eigenvalue weighted by atomic mass is 32.2. The molecule has 0 bridgehead atoms. The smallest absolute Gasteiger partial charge is 0.273 e. The Labute approximate surface area is 117 Å². The predicted molar refractivity (Wildman–Crippen MR) is 73.5 cm³/mol. The van der Waals surface area contributed by atoms with Crippen LogP contribution in [0.3, 0.4) is 0 Å². The van der Waals surface area contributed by atoms with Crippen molar-refractivity contribution in [3.8, 4) is 0 Å². The highest BCUT2D eigenvalue weighted by Gasteiger charge is 2.50. The molecule has 1 aromatic carbocycles. The van der Waals surface area contributed by atoms with Crippen LogP contribution in [-0.2, 0) is 22.0 Å². The van der Waals surface area contributed by atoms with Gasteiger partial charge in [0.25, 0.3) is 15.2 Å². The lowest BCUT2D eigenvalue weighted by molar-refractivity contribution is 0.555. The molecular weight excluding hydrogens is 276 g/mol. The van der Waals surface area contributed by atoms with Crippen molar-refractivity contribution in [2.45, 2.75) is 36.9 Å². The molecule has 3 rings (SSSR count). The van der Waals surface area contributed by atoms with Gasteiger partial charge in [-0.3, -0.25) is 0 Å². The third-order valence-corrected chi connectivity index (χ3v) is 4.60. The number of primary sulfonamides is 1. The van der Waals surface area contributed by atoms with Crippen molar-refractivity contribution in [3.63, 3.8) is 0 Å². The maximum atomic E-state index is 11.6. The molecule has 1 aliphatic rings. The Morgan fingerprint density at radius 1 is 1.25 bits per heavy atom. The van der Waals surface area contributed by atoms with Crippen LogP contribution in [0, 0.1) is 0 Å². The minimum absolute atomic E-state index is 0.155. The fraction of sp³-hybridized carbons (Fsp3) is 0.385. The summed E-state index contributed by atoms with van der Waals surface area (Å²) < 4.78 is 24.7. The number of hydrogen-bond acceptors (Lipinski definition) is 4. The molecule has 1 aliphatic carbocycles. The van der Waals surface area contributed by atoms with E-state index in [9.17, 15) is 8.42 Å². The molecule has 0 spiro atoms. The zero-order valence-corrected chi connectivity index (χ0v) is 12.0. The monoisotopic (exact) mass is 292 g/mol. The van der Waals surface area contributed by atoms with Crippen molar-refractivity contribution in [2.24, 2.45) is 5.14 Å². The molecule has 1 heterocycles. The molecule has 2 aromatic rings. The molecule has 0 aliphatic heterocycles. The Hall–Kier alpha value is -1.73. The lowest BCUT2D eigenvalue weighted by atomic mass is 9.95. The summed E-state index contributed by atoms with van der Waals surface area (Å²) in [5, 5.41) is 13.0. The normalized spacial score (nSPS) is 17.1. The number of rotatable bonds is 4. The van der Waals surface area contributed by atoms with Gasteiger partial charge in [-0.05, 0) is 25.3 Å². The SMILES string of the molecule is CCn1c(C2(c3ccccc3)CC2)nnc1S(N)(=O)=O. The van der Waals surface area contributed by atoms with E-state index in [-0.39, 0.29) is 10.6 Å². The Morgan fingerprint density at radius 2 is 1.90 bits per heavy atom. The highest BCUT2D eigenvalue weighted by molar-refractivity contribution is 7.89. The lowest BCUT2D eigenvalue weighted by Crippen LogP contribution is -2.22. The van der Waals surface area contributed by atoms with Gasteiger partial charge in [0, 0.05) is 6.54 Å². The molecule has 106 valence electrons. The van der Waals surface area contributed by atoms with E-state index in [2.05, 4.69) is 10.2 Å². The first-order chi connectivity index (χ1) is 9.49. The molecule has 2 N–H and O–H groups in total. The van der Waals surface area contributed by atoms with Crippen LogP contribution < -0.4 is 5.14 Å². The van der Waals surface area contributed by atoms with Crippen molar-refractivity contribution in [2.75, 3.05) is 0 Å². The zero-order chi connectivity index (χ0) is 14.4. The maximum Gasteiger partial charge on any atom is 0.273 e. The summed E-state index contributed by atoms with van der Waals surface area (Å²) in [6, 6.07) is 9.99. The molecule has 1 fully saturated rings. The van der Waals surface area contributed by atoms with Gasteiger partial charge < -0.3 is 4.57 Å². The van der Waals surface area contributed by atoms with Crippen molar-refractivity contribution in [1.29, 1.82) is 0 Å². The molecule has 7 heteroatoms. The van der Waals surface area contributed by atoms with Crippen molar-refractivity contribution in [1.82, 2.24) is 14.8 Å². The first kappa shape index (κ1) is 13.3. The van der Waals surface area contributed by atoms with Crippen molar-refractivity contribution < 1.29 is 8.42 Å². The van der Waals surface area contributed by atoms with Gasteiger partial charge in [0.15, 0.2) is 0 Å². The molecule has 0 unspecified atom stereocenters. The standard InChI is InChI=1S/C13H16N4O2S/c1-2-17-11(15-16-12(17)20(14,18)19)13(8-9-13)10-6-4-3-5-7-10/h3-7H,2,8-9H2,1H3,(H2,14,18,19). The Kier molecular flexibility index (Phi) is 2.91. The first-order valence-electron chi connectivity index (χ1n) is 6.51. The second-order valence-electron chi connectivity index (χ2n) is 5.04. The van der Waals surface area contributed by atoms with Crippen LogP contribution in [0.15, 0.2) is 35.5 Å². The first-order valence-corrected chi connectivity index (χ1v) is 8.06. The quantitative estimate of drug-likeness (QED) is 0.911. The molecular formula is C13H16N4O2S. The van der Waals surface area contributed by atoms with Crippen LogP contribution in [0.4, 0.5) is 0 Å². The van der Waals surface area contributed by atoms with Gasteiger partial charge in [0.2, 0.25) is 0 Å². The number of nitrogens with two attached hydrogens (primary N) is 1. The van der Waals surface area contributed by atoms with Gasteiger partial charge in [-0.1, -0.05) is 30.3 Å². The van der Waals surface area contributed by atoms with E-state index in [1.54, 1.807) is 4.57 Å². The fourth-order valence-electron chi connectivity index (χ4n) is 2.66. The van der Waals surface area contributed by atoms with Crippen LogP contribution in [0.5, 0.6) is 0 Å². The summed E-state index contributed by atoms with van der Waals surface area (Å²) in [5.74, 6) is 0.690. The second-order valence-corrected chi connectivity index (χ2v) is 6.50. The summed E-state index contributed by atoms with van der Waals surface area (Å²) in [7, 11) is -3.85. The van der Waals surface area contributed by atoms with Gasteiger partial charge in [-0.15, -0.1) is 10.2 Å². The number of aromatic nitrogens is 3. The number of sulfonamides is 1. The topological polar surface area (TPSA) is 90.9 Å². The number of hydrogen-bond donors (Lipinski definition) is 1. The van der Waals surface area contributed by atoms with Crippen molar-refractivity contribution in [3.05, 3.63) is 41.7 Å². The second kappa shape index (κ2) is 4.39. The van der Waals surface area contributed by atoms with Gasteiger partial charge in [-0.25, -0.2) is 13.6 Å². The largest absolute Gasteiger partial charge is 0.300 e. The van der Waals surface area contributed by atoms with Gasteiger partial charge in [-0.2, -0.15) is 0 Å². The van der Waals surface area contributed by atoms with Crippen LogP contribution in [0.25, 0.3) is 0 Å². The highest BCUT2D eigenvalue weighted by Crippen LogP contribution is 2.52. The molecule has 0 atom stereocenters. The van der Waals surface area contributed by atoms with E-state index < -0.39 is 10.0 Å². The Balaban J connectivity index is 2.15. The minimum Gasteiger partial charge on any atom is -0.300 e. The zero-order valence-electron chi connectivity index (χ0n) is 11.2. The van der Waals surface area contributed by atoms with Crippen LogP contribution in [0.1, 0.15) is 31.2 Å². The number of nitrogens with zero attached hydrogens (tertiary/aromatic N) is 3. The summed E-state index contributed by atoms with van der Waals surface area (Å²) in [4.78, 5) is 0. The van der Waals surface area contributed by atoms with E-state index in [4.69, 9.17) is 5.14 Å². The molecule has 6 nitrogen and oxygen atoms in total. The van der Waals surface area contributed by atoms with E-state index >= 15 is 0 Å². The van der Waals surface area contributed by atoms with Crippen molar-refractivity contribution >= 4 is 10.0 Å². The average Bonchev–Trinajstić information content (AvgIpc) is 3.10. The third kappa shape index (κ3) is 1.94. The van der Waals surface area contributed by atoms with Gasteiger partial charge >= 0.3 is 0 Å². The number of benzene rings is 1. The van der Waals surface area contributed by atoms with Crippen LogP contribution in [-0.4, -0.2) is 23.2 Å². The Bertz CT molecular complexity index is 733. The van der Waals surface area contributed by atoms with E-state index in [0.29, 0.717) is 12.4 Å². The molecule has 0 amide bonds. The molecule has 1 aromatic heterocycles. The van der Waals surface area contributed by atoms with Gasteiger partial charge in [0.05, 0.1) is 5.41 Å². The lowest BCUT2D eigenvalue weighted by Gasteiger charge is -2.16. The van der Waals surface area contributed by atoms with Crippen LogP contribution in [0.2, 0.25) is 0 Å². The maximum absolute atomic E-state index is 11.6. The summed E-state index contributed by atoms with van der Waals surface area (Å²) in [6.45, 7) is 2.34. The summed E-state index contributed by atoms with van der Waals surface area (Å²) in [5.41, 5.74) is 0.927. The Morgan fingerprint density at radius 3 is 2.40 bits per heavy atom. The van der Waals surface area contributed by atoms with Crippen LogP contribution >= 0.6 is 0 Å². The minimum atomic E-state index is -3.85. The van der Waals surface area contributed by atoms with E-state index in [0.717, 1.165) is 18.4 Å². The predicted octanol–water partition coefficient (Wildman–Crippen LogP) is 1.03. The average molecular weight is 292 g/mol.